The summed E-state index contributed by atoms with van der Waals surface area (Å²) in [5, 5.41) is 5.77. The molecule has 0 atom stereocenters. The van der Waals surface area contributed by atoms with E-state index in [0.29, 0.717) is 12.2 Å². The van der Waals surface area contributed by atoms with Crippen LogP contribution in [0.25, 0.3) is 11.3 Å². The molecule has 0 aliphatic heterocycles. The van der Waals surface area contributed by atoms with Gasteiger partial charge in [0.25, 0.3) is 0 Å². The lowest BCUT2D eigenvalue weighted by atomic mass is 10.1. The quantitative estimate of drug-likeness (QED) is 0.547. The largest absolute Gasteiger partial charge is 0.418 e. The molecule has 2 heterocycles. The summed E-state index contributed by atoms with van der Waals surface area (Å²) in [6.45, 7) is 1.29. The Bertz CT molecular complexity index is 996. The van der Waals surface area contributed by atoms with E-state index in [1.165, 1.54) is 12.1 Å². The summed E-state index contributed by atoms with van der Waals surface area (Å²) >= 11 is 6.07. The van der Waals surface area contributed by atoms with Crippen LogP contribution in [0.2, 0.25) is 5.02 Å². The molecule has 2 N–H and O–H groups in total. The number of anilines is 3. The van der Waals surface area contributed by atoms with Crippen LogP contribution in [0.4, 0.5) is 30.6 Å². The highest BCUT2D eigenvalue weighted by atomic mass is 35.5. The third-order valence-electron chi connectivity index (χ3n) is 4.12. The molecular weight excluding hydrogens is 417 g/mol. The molecule has 10 heteroatoms. The number of aromatic nitrogens is 3. The number of nitrogens with one attached hydrogen (secondary N) is 2. The number of para-hydroxylation sites is 1. The predicted molar refractivity (Wildman–Crippen MR) is 112 cm³/mol. The molecule has 2 aromatic heterocycles. The molecule has 0 bridgehead atoms. The van der Waals surface area contributed by atoms with E-state index in [-0.39, 0.29) is 22.5 Å². The Morgan fingerprint density at radius 3 is 2.47 bits per heavy atom. The molecule has 6 nitrogen and oxygen atoms in total. The fraction of sp³-hybridized carbons (Fsp3) is 0.250. The molecule has 0 spiro atoms. The van der Waals surface area contributed by atoms with Crippen molar-refractivity contribution >= 4 is 29.1 Å². The number of hydrogen-bond acceptors (Lipinski definition) is 6. The average Bonchev–Trinajstić information content (AvgIpc) is 2.69. The molecule has 158 valence electrons. The van der Waals surface area contributed by atoms with Crippen LogP contribution in [0.5, 0.6) is 0 Å². The van der Waals surface area contributed by atoms with E-state index in [9.17, 15) is 13.2 Å². The smallest absolute Gasteiger partial charge is 0.353 e. The van der Waals surface area contributed by atoms with Gasteiger partial charge in [0.05, 0.1) is 22.0 Å². The maximum Gasteiger partial charge on any atom is 0.418 e. The van der Waals surface area contributed by atoms with Crippen LogP contribution in [0.1, 0.15) is 5.56 Å². The summed E-state index contributed by atoms with van der Waals surface area (Å²) in [6.07, 6.45) is -1.35. The van der Waals surface area contributed by atoms with E-state index in [1.807, 2.05) is 19.0 Å². The van der Waals surface area contributed by atoms with Gasteiger partial charge in [-0.1, -0.05) is 17.7 Å². The highest BCUT2D eigenvalue weighted by Crippen LogP contribution is 2.40. The molecule has 1 aromatic carbocycles. The SMILES string of the molecule is CN(C)CCNc1nc(Nc2c(Cl)cccc2C(F)(F)F)cc(-c2ccncc2)n1. The normalized spacial score (nSPS) is 11.6. The van der Waals surface area contributed by atoms with Gasteiger partial charge in [-0.25, -0.2) is 4.98 Å². The molecular formula is C20H20ClF3N6. The van der Waals surface area contributed by atoms with Crippen molar-refractivity contribution in [2.45, 2.75) is 6.18 Å². The molecule has 0 amide bonds. The summed E-state index contributed by atoms with van der Waals surface area (Å²) in [6, 6.07) is 8.69. The van der Waals surface area contributed by atoms with Gasteiger partial charge in [-0.2, -0.15) is 18.2 Å². The van der Waals surface area contributed by atoms with Crippen molar-refractivity contribution in [1.82, 2.24) is 19.9 Å². The minimum atomic E-state index is -4.57. The van der Waals surface area contributed by atoms with Gasteiger partial charge in [0.1, 0.15) is 5.82 Å². The lowest BCUT2D eigenvalue weighted by Gasteiger charge is -2.17. The Hall–Kier alpha value is -2.91. The van der Waals surface area contributed by atoms with Crippen molar-refractivity contribution in [2.75, 3.05) is 37.8 Å². The standard InChI is InChI=1S/C20H20ClF3N6/c1-30(2)11-10-26-19-27-16(13-6-8-25-9-7-13)12-17(29-19)28-18-14(20(22,23)24)4-3-5-15(18)21/h3-9,12H,10-11H2,1-2H3,(H2,26,27,28,29). The van der Waals surface area contributed by atoms with Crippen molar-refractivity contribution in [2.24, 2.45) is 0 Å². The zero-order valence-corrected chi connectivity index (χ0v) is 17.1. The van der Waals surface area contributed by atoms with Gasteiger partial charge in [0.15, 0.2) is 0 Å². The maximum atomic E-state index is 13.4. The van der Waals surface area contributed by atoms with E-state index < -0.39 is 11.7 Å². The van der Waals surface area contributed by atoms with Gasteiger partial charge >= 0.3 is 6.18 Å². The van der Waals surface area contributed by atoms with Crippen LogP contribution in [-0.4, -0.2) is 47.0 Å². The third kappa shape index (κ3) is 5.58. The molecule has 0 aliphatic carbocycles. The minimum Gasteiger partial charge on any atom is -0.353 e. The highest BCUT2D eigenvalue weighted by molar-refractivity contribution is 6.33. The first-order chi connectivity index (χ1) is 14.2. The van der Waals surface area contributed by atoms with Gasteiger partial charge < -0.3 is 15.5 Å². The Balaban J connectivity index is 2.00. The first-order valence-electron chi connectivity index (χ1n) is 9.05. The maximum absolute atomic E-state index is 13.4. The van der Waals surface area contributed by atoms with Crippen LogP contribution in [0.3, 0.4) is 0 Å². The van der Waals surface area contributed by atoms with Gasteiger partial charge in [-0.05, 0) is 38.4 Å². The summed E-state index contributed by atoms with van der Waals surface area (Å²) in [5.41, 5.74) is 0.149. The van der Waals surface area contributed by atoms with Crippen molar-refractivity contribution in [1.29, 1.82) is 0 Å². The zero-order chi connectivity index (χ0) is 21.7. The molecule has 0 saturated heterocycles. The predicted octanol–water partition coefficient (Wildman–Crippen LogP) is 4.93. The van der Waals surface area contributed by atoms with Gasteiger partial charge in [0, 0.05) is 37.1 Å². The Labute approximate surface area is 177 Å². The van der Waals surface area contributed by atoms with Gasteiger partial charge in [-0.15, -0.1) is 0 Å². The average molecular weight is 437 g/mol. The van der Waals surface area contributed by atoms with Crippen molar-refractivity contribution in [3.05, 3.63) is 59.4 Å². The van der Waals surface area contributed by atoms with E-state index in [4.69, 9.17) is 11.6 Å². The lowest BCUT2D eigenvalue weighted by molar-refractivity contribution is -0.136. The molecule has 0 aliphatic rings. The Kier molecular flexibility index (Phi) is 6.73. The van der Waals surface area contributed by atoms with Crippen LogP contribution in [0, 0.1) is 0 Å². The third-order valence-corrected chi connectivity index (χ3v) is 4.43. The van der Waals surface area contributed by atoms with Crippen molar-refractivity contribution in [3.8, 4) is 11.3 Å². The number of hydrogen-bond donors (Lipinski definition) is 2. The second kappa shape index (κ2) is 9.27. The van der Waals surface area contributed by atoms with E-state index in [1.54, 1.807) is 30.6 Å². The summed E-state index contributed by atoms with van der Waals surface area (Å²) < 4.78 is 40.3. The molecule has 30 heavy (non-hydrogen) atoms. The van der Waals surface area contributed by atoms with Gasteiger partial charge in [-0.3, -0.25) is 4.98 Å². The highest BCUT2D eigenvalue weighted by Gasteiger charge is 2.34. The van der Waals surface area contributed by atoms with Crippen LogP contribution < -0.4 is 10.6 Å². The van der Waals surface area contributed by atoms with Crippen LogP contribution in [-0.2, 0) is 6.18 Å². The Morgan fingerprint density at radius 2 is 1.80 bits per heavy atom. The number of alkyl halides is 3. The number of likely N-dealkylation sites (N-methyl/N-ethyl adjacent to an activating group) is 1. The number of pyridine rings is 1. The summed E-state index contributed by atoms with van der Waals surface area (Å²) in [5.74, 6) is 0.469. The van der Waals surface area contributed by atoms with Gasteiger partial charge in [0.2, 0.25) is 5.95 Å². The zero-order valence-electron chi connectivity index (χ0n) is 16.3. The van der Waals surface area contributed by atoms with E-state index in [0.717, 1.165) is 18.2 Å². The lowest BCUT2D eigenvalue weighted by Crippen LogP contribution is -2.21. The molecule has 3 aromatic rings. The molecule has 0 radical (unpaired) electrons. The van der Waals surface area contributed by atoms with Crippen molar-refractivity contribution in [3.63, 3.8) is 0 Å². The molecule has 0 unspecified atom stereocenters. The number of benzene rings is 1. The van der Waals surface area contributed by atoms with Crippen LogP contribution in [0.15, 0.2) is 48.8 Å². The number of halogens is 4. The molecule has 0 saturated carbocycles. The summed E-state index contributed by atoms with van der Waals surface area (Å²) in [4.78, 5) is 14.8. The first-order valence-corrected chi connectivity index (χ1v) is 9.42. The number of rotatable bonds is 7. The number of nitrogens with zero attached hydrogens (tertiary/aromatic N) is 4. The fourth-order valence-corrected chi connectivity index (χ4v) is 2.89. The molecule has 0 fully saturated rings. The summed E-state index contributed by atoms with van der Waals surface area (Å²) in [7, 11) is 3.86. The second-order valence-corrected chi connectivity index (χ2v) is 7.12. The van der Waals surface area contributed by atoms with Crippen LogP contribution >= 0.6 is 11.6 Å². The van der Waals surface area contributed by atoms with E-state index >= 15 is 0 Å². The topological polar surface area (TPSA) is 66.0 Å². The Morgan fingerprint density at radius 1 is 1.07 bits per heavy atom. The first kappa shape index (κ1) is 21.8. The fourth-order valence-electron chi connectivity index (χ4n) is 2.67. The van der Waals surface area contributed by atoms with E-state index in [2.05, 4.69) is 25.6 Å². The monoisotopic (exact) mass is 436 g/mol. The molecule has 3 rings (SSSR count). The van der Waals surface area contributed by atoms with Crippen molar-refractivity contribution < 1.29 is 13.2 Å². The second-order valence-electron chi connectivity index (χ2n) is 6.71. The minimum absolute atomic E-state index is 0.0592.